The van der Waals surface area contributed by atoms with Gasteiger partial charge in [0.15, 0.2) is 0 Å². The zero-order valence-electron chi connectivity index (χ0n) is 15.2. The molecule has 2 aromatic carbocycles. The van der Waals surface area contributed by atoms with Gasteiger partial charge in [0.05, 0.1) is 10.5 Å². The summed E-state index contributed by atoms with van der Waals surface area (Å²) < 4.78 is 32.7. The number of hydrogen-bond acceptors (Lipinski definition) is 6. The Bertz CT molecular complexity index is 1110. The molecule has 3 N–H and O–H groups in total. The number of hydrogen-bond donors (Lipinski definition) is 2. The van der Waals surface area contributed by atoms with Crippen LogP contribution in [0.4, 0.5) is 0 Å². The number of amides is 1. The van der Waals surface area contributed by atoms with Crippen molar-refractivity contribution in [1.29, 1.82) is 0 Å². The molecule has 3 rings (SSSR count). The van der Waals surface area contributed by atoms with E-state index in [1.165, 1.54) is 47.7 Å². The third-order valence-corrected chi connectivity index (χ3v) is 6.28. The predicted octanol–water partition coefficient (Wildman–Crippen LogP) is 2.68. The van der Waals surface area contributed by atoms with Gasteiger partial charge in [0.1, 0.15) is 6.61 Å². The van der Waals surface area contributed by atoms with Crippen LogP contribution in [0.3, 0.4) is 0 Å². The Hall–Kier alpha value is -3.01. The quantitative estimate of drug-likeness (QED) is 0.533. The van der Waals surface area contributed by atoms with Crippen LogP contribution in [-0.2, 0) is 27.9 Å². The van der Waals surface area contributed by atoms with Gasteiger partial charge in [0.2, 0.25) is 15.9 Å². The Morgan fingerprint density at radius 2 is 1.76 bits per heavy atom. The Balaban J connectivity index is 1.64. The molecule has 0 atom stereocenters. The molecule has 1 amide bonds. The van der Waals surface area contributed by atoms with E-state index in [-0.39, 0.29) is 23.6 Å². The minimum atomic E-state index is -3.77. The molecule has 0 saturated carbocycles. The van der Waals surface area contributed by atoms with Crippen molar-refractivity contribution in [2.24, 2.45) is 5.73 Å². The number of sulfonamides is 1. The Morgan fingerprint density at radius 1 is 1.00 bits per heavy atom. The second-order valence-corrected chi connectivity index (χ2v) is 8.87. The minimum Gasteiger partial charge on any atom is -0.457 e. The third kappa shape index (κ3) is 5.50. The van der Waals surface area contributed by atoms with Crippen LogP contribution >= 0.6 is 11.3 Å². The second-order valence-electron chi connectivity index (χ2n) is 6.07. The van der Waals surface area contributed by atoms with E-state index in [1.807, 2.05) is 17.5 Å². The van der Waals surface area contributed by atoms with Crippen molar-refractivity contribution in [2.45, 2.75) is 18.0 Å². The zero-order valence-corrected chi connectivity index (χ0v) is 16.8. The molecular weight excluding hydrogens is 412 g/mol. The number of benzene rings is 2. The highest BCUT2D eigenvalue weighted by Gasteiger charge is 2.17. The number of nitrogens with one attached hydrogen (secondary N) is 1. The van der Waals surface area contributed by atoms with Gasteiger partial charge in [-0.15, -0.1) is 11.3 Å². The molecule has 3 aromatic rings. The summed E-state index contributed by atoms with van der Waals surface area (Å²) in [5.74, 6) is -1.20. The van der Waals surface area contributed by atoms with Crippen LogP contribution in [0.15, 0.2) is 70.9 Å². The topological polar surface area (TPSA) is 116 Å². The van der Waals surface area contributed by atoms with E-state index in [0.717, 1.165) is 4.88 Å². The number of ether oxygens (including phenoxy) is 1. The molecular formula is C20H18N2O5S2. The zero-order chi connectivity index (χ0) is 20.9. The standard InChI is InChI=1S/C20H18N2O5S2/c21-19(23)15-8-6-14(7-9-15)13-27-20(24)16-3-1-5-18(11-16)29(25,26)22-12-17-4-2-10-28-17/h1-11,22H,12-13H2,(H2,21,23). The van der Waals surface area contributed by atoms with Crippen molar-refractivity contribution in [3.8, 4) is 0 Å². The summed E-state index contributed by atoms with van der Waals surface area (Å²) in [5.41, 5.74) is 6.33. The Kier molecular flexibility index (Phi) is 6.42. The highest BCUT2D eigenvalue weighted by molar-refractivity contribution is 7.89. The third-order valence-electron chi connectivity index (χ3n) is 4.00. The van der Waals surface area contributed by atoms with Crippen molar-refractivity contribution in [2.75, 3.05) is 0 Å². The van der Waals surface area contributed by atoms with E-state index in [9.17, 15) is 18.0 Å². The maximum atomic E-state index is 12.5. The minimum absolute atomic E-state index is 0.0192. The molecule has 0 radical (unpaired) electrons. The molecule has 1 aromatic heterocycles. The largest absolute Gasteiger partial charge is 0.457 e. The van der Waals surface area contributed by atoms with E-state index in [4.69, 9.17) is 10.5 Å². The molecule has 150 valence electrons. The fraction of sp³-hybridized carbons (Fsp3) is 0.100. The summed E-state index contributed by atoms with van der Waals surface area (Å²) in [6, 6.07) is 15.7. The molecule has 0 spiro atoms. The second kappa shape index (κ2) is 8.99. The van der Waals surface area contributed by atoms with Crippen molar-refractivity contribution in [3.05, 3.63) is 87.6 Å². The smallest absolute Gasteiger partial charge is 0.338 e. The van der Waals surface area contributed by atoms with Gasteiger partial charge in [0.25, 0.3) is 0 Å². The van der Waals surface area contributed by atoms with Crippen LogP contribution < -0.4 is 10.5 Å². The van der Waals surface area contributed by atoms with Crippen LogP contribution in [0.5, 0.6) is 0 Å². The van der Waals surface area contributed by atoms with Crippen molar-refractivity contribution < 1.29 is 22.7 Å². The summed E-state index contributed by atoms with van der Waals surface area (Å²) in [5, 5.41) is 1.86. The first-order valence-electron chi connectivity index (χ1n) is 8.53. The van der Waals surface area contributed by atoms with Gasteiger partial charge >= 0.3 is 5.97 Å². The molecule has 0 unspecified atom stereocenters. The molecule has 0 aliphatic carbocycles. The van der Waals surface area contributed by atoms with Gasteiger partial charge in [-0.3, -0.25) is 4.79 Å². The first-order chi connectivity index (χ1) is 13.8. The lowest BCUT2D eigenvalue weighted by Crippen LogP contribution is -2.23. The van der Waals surface area contributed by atoms with Gasteiger partial charge in [-0.1, -0.05) is 24.3 Å². The number of carbonyl (C=O) groups excluding carboxylic acids is 2. The van der Waals surface area contributed by atoms with Gasteiger partial charge in [-0.2, -0.15) is 0 Å². The van der Waals surface area contributed by atoms with E-state index >= 15 is 0 Å². The number of rotatable bonds is 8. The molecule has 29 heavy (non-hydrogen) atoms. The highest BCUT2D eigenvalue weighted by Crippen LogP contribution is 2.15. The molecule has 7 nitrogen and oxygen atoms in total. The van der Waals surface area contributed by atoms with Gasteiger partial charge in [0, 0.05) is 17.0 Å². The summed E-state index contributed by atoms with van der Waals surface area (Å²) in [4.78, 5) is 24.2. The Morgan fingerprint density at radius 3 is 2.41 bits per heavy atom. The van der Waals surface area contributed by atoms with E-state index in [2.05, 4.69) is 4.72 Å². The molecule has 0 aliphatic heterocycles. The average Bonchev–Trinajstić information content (AvgIpc) is 3.25. The Labute approximate surface area is 172 Å². The maximum Gasteiger partial charge on any atom is 0.338 e. The highest BCUT2D eigenvalue weighted by atomic mass is 32.2. The van der Waals surface area contributed by atoms with E-state index < -0.39 is 21.9 Å². The number of thiophene rings is 1. The SMILES string of the molecule is NC(=O)c1ccc(COC(=O)c2cccc(S(=O)(=O)NCc3cccs3)c2)cc1. The fourth-order valence-electron chi connectivity index (χ4n) is 2.45. The lowest BCUT2D eigenvalue weighted by Gasteiger charge is -2.09. The normalized spacial score (nSPS) is 11.2. The molecule has 0 saturated heterocycles. The number of nitrogens with two attached hydrogens (primary N) is 1. The van der Waals surface area contributed by atoms with E-state index in [0.29, 0.717) is 11.1 Å². The number of carbonyl (C=O) groups is 2. The molecule has 0 aliphatic rings. The van der Waals surface area contributed by atoms with Gasteiger partial charge < -0.3 is 10.5 Å². The van der Waals surface area contributed by atoms with Gasteiger partial charge in [-0.25, -0.2) is 17.9 Å². The number of esters is 1. The van der Waals surface area contributed by atoms with Crippen molar-refractivity contribution in [1.82, 2.24) is 4.72 Å². The lowest BCUT2D eigenvalue weighted by molar-refractivity contribution is 0.0472. The summed E-state index contributed by atoms with van der Waals surface area (Å²) >= 11 is 1.45. The van der Waals surface area contributed by atoms with Crippen LogP contribution in [-0.4, -0.2) is 20.3 Å². The van der Waals surface area contributed by atoms with Crippen molar-refractivity contribution in [3.63, 3.8) is 0 Å². The maximum absolute atomic E-state index is 12.5. The van der Waals surface area contributed by atoms with Crippen LogP contribution in [0.25, 0.3) is 0 Å². The van der Waals surface area contributed by atoms with Crippen molar-refractivity contribution >= 4 is 33.2 Å². The molecule has 0 fully saturated rings. The first-order valence-corrected chi connectivity index (χ1v) is 10.9. The first kappa shape index (κ1) is 20.7. The molecule has 9 heteroatoms. The average molecular weight is 431 g/mol. The lowest BCUT2D eigenvalue weighted by atomic mass is 10.1. The number of primary amides is 1. The molecule has 0 bridgehead atoms. The monoisotopic (exact) mass is 430 g/mol. The van der Waals surface area contributed by atoms with Crippen LogP contribution in [0.2, 0.25) is 0 Å². The van der Waals surface area contributed by atoms with Crippen LogP contribution in [0.1, 0.15) is 31.2 Å². The fourth-order valence-corrected chi connectivity index (χ4v) is 4.24. The summed E-state index contributed by atoms with van der Waals surface area (Å²) in [6.07, 6.45) is 0. The summed E-state index contributed by atoms with van der Waals surface area (Å²) in [6.45, 7) is 0.154. The predicted molar refractivity (Wildman–Crippen MR) is 109 cm³/mol. The van der Waals surface area contributed by atoms with Gasteiger partial charge in [-0.05, 0) is 47.3 Å². The van der Waals surface area contributed by atoms with Crippen LogP contribution in [0, 0.1) is 0 Å². The molecule has 1 heterocycles. The summed E-state index contributed by atoms with van der Waals surface area (Å²) in [7, 11) is -3.77. The van der Waals surface area contributed by atoms with E-state index in [1.54, 1.807) is 12.1 Å².